The molecule has 4 heteroatoms. The van der Waals surface area contributed by atoms with Gasteiger partial charge in [-0.1, -0.05) is 0 Å². The summed E-state index contributed by atoms with van der Waals surface area (Å²) in [5, 5.41) is 8.70. The SMILES string of the molecule is COc1cc(OC)cc(OC(C)(C)CC#N)c1. The fourth-order valence-corrected chi connectivity index (χ4v) is 1.39. The molecule has 0 unspecified atom stereocenters. The van der Waals surface area contributed by atoms with Crippen LogP contribution >= 0.6 is 0 Å². The fraction of sp³-hybridized carbons (Fsp3) is 0.462. The molecule has 92 valence electrons. The van der Waals surface area contributed by atoms with Gasteiger partial charge in [0.05, 0.1) is 26.7 Å². The van der Waals surface area contributed by atoms with Crippen molar-refractivity contribution in [2.75, 3.05) is 14.2 Å². The summed E-state index contributed by atoms with van der Waals surface area (Å²) in [6, 6.07) is 7.40. The summed E-state index contributed by atoms with van der Waals surface area (Å²) >= 11 is 0. The van der Waals surface area contributed by atoms with E-state index in [-0.39, 0.29) is 0 Å². The molecule has 1 aromatic rings. The lowest BCUT2D eigenvalue weighted by atomic mass is 10.1. The Morgan fingerprint density at radius 2 is 1.53 bits per heavy atom. The topological polar surface area (TPSA) is 51.5 Å². The molecule has 0 fully saturated rings. The molecule has 0 aliphatic rings. The molecule has 0 saturated carbocycles. The first-order valence-corrected chi connectivity index (χ1v) is 5.30. The molecule has 0 saturated heterocycles. The lowest BCUT2D eigenvalue weighted by Gasteiger charge is -2.24. The number of ether oxygens (including phenoxy) is 3. The zero-order valence-corrected chi connectivity index (χ0v) is 10.6. The Balaban J connectivity index is 2.94. The second kappa shape index (κ2) is 5.44. The Bertz CT molecular complexity index is 399. The van der Waals surface area contributed by atoms with Crippen LogP contribution in [0.15, 0.2) is 18.2 Å². The molecule has 0 spiro atoms. The average Bonchev–Trinajstić information content (AvgIpc) is 2.27. The molecule has 0 N–H and O–H groups in total. The van der Waals surface area contributed by atoms with Gasteiger partial charge in [-0.05, 0) is 13.8 Å². The van der Waals surface area contributed by atoms with Crippen molar-refractivity contribution >= 4 is 0 Å². The smallest absolute Gasteiger partial charge is 0.127 e. The highest BCUT2D eigenvalue weighted by Gasteiger charge is 2.20. The fourth-order valence-electron chi connectivity index (χ4n) is 1.39. The van der Waals surface area contributed by atoms with Crippen LogP contribution in [0.4, 0.5) is 0 Å². The molecule has 4 nitrogen and oxygen atoms in total. The van der Waals surface area contributed by atoms with E-state index in [1.165, 1.54) is 0 Å². The molecule has 0 bridgehead atoms. The van der Waals surface area contributed by atoms with Crippen LogP contribution in [0.25, 0.3) is 0 Å². The van der Waals surface area contributed by atoms with Crippen LogP contribution in [0, 0.1) is 11.3 Å². The Kier molecular flexibility index (Phi) is 4.22. The van der Waals surface area contributed by atoms with Gasteiger partial charge in [0.25, 0.3) is 0 Å². The van der Waals surface area contributed by atoms with Crippen molar-refractivity contribution < 1.29 is 14.2 Å². The third-order valence-electron chi connectivity index (χ3n) is 2.22. The van der Waals surface area contributed by atoms with E-state index >= 15 is 0 Å². The van der Waals surface area contributed by atoms with Crippen molar-refractivity contribution in [3.05, 3.63) is 18.2 Å². The second-order valence-electron chi connectivity index (χ2n) is 4.25. The molecule has 17 heavy (non-hydrogen) atoms. The number of hydrogen-bond acceptors (Lipinski definition) is 4. The summed E-state index contributed by atoms with van der Waals surface area (Å²) in [6.07, 6.45) is 0.312. The third kappa shape index (κ3) is 3.87. The van der Waals surface area contributed by atoms with Gasteiger partial charge in [0, 0.05) is 18.2 Å². The summed E-state index contributed by atoms with van der Waals surface area (Å²) in [5.74, 6) is 1.95. The highest BCUT2D eigenvalue weighted by molar-refractivity contribution is 5.42. The van der Waals surface area contributed by atoms with Crippen LogP contribution < -0.4 is 14.2 Å². The van der Waals surface area contributed by atoms with Crippen LogP contribution in [0.2, 0.25) is 0 Å². The molecule has 0 aliphatic heterocycles. The maximum atomic E-state index is 8.70. The van der Waals surface area contributed by atoms with E-state index in [1.54, 1.807) is 32.4 Å². The molecule has 0 radical (unpaired) electrons. The molecule has 1 aromatic carbocycles. The van der Waals surface area contributed by atoms with Gasteiger partial charge < -0.3 is 14.2 Å². The maximum absolute atomic E-state index is 8.70. The summed E-state index contributed by atoms with van der Waals surface area (Å²) in [6.45, 7) is 3.73. The van der Waals surface area contributed by atoms with E-state index in [1.807, 2.05) is 13.8 Å². The number of nitrogens with zero attached hydrogens (tertiary/aromatic N) is 1. The lowest BCUT2D eigenvalue weighted by Crippen LogP contribution is -2.27. The first-order chi connectivity index (χ1) is 8.00. The molecular weight excluding hydrogens is 218 g/mol. The molecule has 0 atom stereocenters. The van der Waals surface area contributed by atoms with Crippen LogP contribution in [0.5, 0.6) is 17.2 Å². The first-order valence-electron chi connectivity index (χ1n) is 5.30. The first kappa shape index (κ1) is 13.2. The maximum Gasteiger partial charge on any atom is 0.127 e. The van der Waals surface area contributed by atoms with Gasteiger partial charge in [-0.2, -0.15) is 5.26 Å². The van der Waals surface area contributed by atoms with Crippen LogP contribution in [0.3, 0.4) is 0 Å². The molecule has 0 aliphatic carbocycles. The van der Waals surface area contributed by atoms with Crippen molar-refractivity contribution in [1.82, 2.24) is 0 Å². The monoisotopic (exact) mass is 235 g/mol. The molecule has 1 rings (SSSR count). The van der Waals surface area contributed by atoms with Crippen molar-refractivity contribution in [1.29, 1.82) is 5.26 Å². The third-order valence-corrected chi connectivity index (χ3v) is 2.22. The average molecular weight is 235 g/mol. The summed E-state index contributed by atoms with van der Waals surface area (Å²) in [7, 11) is 3.16. The van der Waals surface area contributed by atoms with Gasteiger partial charge in [0.15, 0.2) is 0 Å². The van der Waals surface area contributed by atoms with Crippen molar-refractivity contribution in [2.24, 2.45) is 0 Å². The predicted octanol–water partition coefficient (Wildman–Crippen LogP) is 2.77. The lowest BCUT2D eigenvalue weighted by molar-refractivity contribution is 0.114. The minimum absolute atomic E-state index is 0.312. The quantitative estimate of drug-likeness (QED) is 0.787. The van der Waals surface area contributed by atoms with Crippen LogP contribution in [-0.2, 0) is 0 Å². The normalized spacial score (nSPS) is 10.5. The summed E-state index contributed by atoms with van der Waals surface area (Å²) < 4.78 is 16.0. The van der Waals surface area contributed by atoms with E-state index in [9.17, 15) is 0 Å². The van der Waals surface area contributed by atoms with Crippen molar-refractivity contribution in [3.8, 4) is 23.3 Å². The van der Waals surface area contributed by atoms with E-state index < -0.39 is 5.60 Å². The number of nitriles is 1. The Hall–Kier alpha value is -1.89. The highest BCUT2D eigenvalue weighted by Crippen LogP contribution is 2.30. The largest absolute Gasteiger partial charge is 0.496 e. The van der Waals surface area contributed by atoms with E-state index in [2.05, 4.69) is 6.07 Å². The standard InChI is InChI=1S/C13H17NO3/c1-13(2,5-6-14)17-12-8-10(15-3)7-11(9-12)16-4/h7-9H,5H2,1-4H3. The number of benzene rings is 1. The zero-order chi connectivity index (χ0) is 12.9. The molecule has 0 aromatic heterocycles. The molecule has 0 amide bonds. The van der Waals surface area contributed by atoms with Gasteiger partial charge in [-0.15, -0.1) is 0 Å². The van der Waals surface area contributed by atoms with Crippen LogP contribution in [-0.4, -0.2) is 19.8 Å². The molecular formula is C13H17NO3. The van der Waals surface area contributed by atoms with E-state index in [4.69, 9.17) is 19.5 Å². The minimum atomic E-state index is -0.536. The Labute approximate surface area is 102 Å². The summed E-state index contributed by atoms with van der Waals surface area (Å²) in [5.41, 5.74) is -0.536. The minimum Gasteiger partial charge on any atom is -0.496 e. The van der Waals surface area contributed by atoms with Gasteiger partial charge in [-0.25, -0.2) is 0 Å². The van der Waals surface area contributed by atoms with Gasteiger partial charge in [-0.3, -0.25) is 0 Å². The zero-order valence-electron chi connectivity index (χ0n) is 10.6. The van der Waals surface area contributed by atoms with Gasteiger partial charge in [0.1, 0.15) is 22.8 Å². The van der Waals surface area contributed by atoms with E-state index in [0.29, 0.717) is 23.7 Å². The second-order valence-corrected chi connectivity index (χ2v) is 4.25. The van der Waals surface area contributed by atoms with E-state index in [0.717, 1.165) is 0 Å². The number of methoxy groups -OCH3 is 2. The van der Waals surface area contributed by atoms with Gasteiger partial charge >= 0.3 is 0 Å². The Morgan fingerprint density at radius 3 is 1.94 bits per heavy atom. The molecule has 0 heterocycles. The number of rotatable bonds is 5. The Morgan fingerprint density at radius 1 is 1.06 bits per heavy atom. The predicted molar refractivity (Wildman–Crippen MR) is 64.5 cm³/mol. The van der Waals surface area contributed by atoms with Crippen molar-refractivity contribution in [2.45, 2.75) is 25.9 Å². The van der Waals surface area contributed by atoms with Crippen LogP contribution in [0.1, 0.15) is 20.3 Å². The summed E-state index contributed by atoms with van der Waals surface area (Å²) in [4.78, 5) is 0. The van der Waals surface area contributed by atoms with Crippen molar-refractivity contribution in [3.63, 3.8) is 0 Å². The number of hydrogen-bond donors (Lipinski definition) is 0. The highest BCUT2D eigenvalue weighted by atomic mass is 16.5. The van der Waals surface area contributed by atoms with Gasteiger partial charge in [0.2, 0.25) is 0 Å².